The fourth-order valence-electron chi connectivity index (χ4n) is 3.34. The molecule has 1 aromatic heterocycles. The number of guanidine groups is 1. The molecule has 2 fully saturated rings. The van der Waals surface area contributed by atoms with E-state index in [0.29, 0.717) is 12.0 Å². The summed E-state index contributed by atoms with van der Waals surface area (Å²) in [5.41, 5.74) is 2.41. The normalized spacial score (nSPS) is 24.9. The molecule has 0 aliphatic carbocycles. The highest BCUT2D eigenvalue weighted by molar-refractivity contribution is 14.0. The molecule has 1 atom stereocenters. The molecule has 3 heterocycles. The number of nitrogens with zero attached hydrogens (tertiary/aromatic N) is 3. The van der Waals surface area contributed by atoms with E-state index in [4.69, 9.17) is 9.26 Å². The van der Waals surface area contributed by atoms with E-state index in [-0.39, 0.29) is 24.0 Å². The van der Waals surface area contributed by atoms with Crippen LogP contribution in [-0.4, -0.2) is 49.4 Å². The number of aliphatic imine (C=N–C) groups is 1. The summed E-state index contributed by atoms with van der Waals surface area (Å²) in [4.78, 5) is 6.76. The van der Waals surface area contributed by atoms with E-state index in [1.165, 1.54) is 12.8 Å². The van der Waals surface area contributed by atoms with E-state index in [1.54, 1.807) is 0 Å². The monoisotopic (exact) mass is 420 g/mol. The summed E-state index contributed by atoms with van der Waals surface area (Å²) in [6.45, 7) is 8.49. The van der Waals surface area contributed by atoms with Crippen LogP contribution < -0.4 is 5.32 Å². The highest BCUT2D eigenvalue weighted by atomic mass is 127. The molecule has 124 valence electrons. The van der Waals surface area contributed by atoms with Crippen LogP contribution in [0.1, 0.15) is 29.9 Å². The zero-order valence-corrected chi connectivity index (χ0v) is 15.8. The van der Waals surface area contributed by atoms with Crippen molar-refractivity contribution >= 4 is 29.9 Å². The maximum atomic E-state index is 5.59. The van der Waals surface area contributed by atoms with Gasteiger partial charge in [0.05, 0.1) is 12.3 Å². The lowest BCUT2D eigenvalue weighted by Gasteiger charge is -2.24. The molecular weight excluding hydrogens is 395 g/mol. The van der Waals surface area contributed by atoms with Crippen molar-refractivity contribution in [1.82, 2.24) is 15.4 Å². The molecule has 0 bridgehead atoms. The molecule has 2 saturated heterocycles. The molecule has 2 aliphatic heterocycles. The van der Waals surface area contributed by atoms with Gasteiger partial charge >= 0.3 is 0 Å². The molecule has 1 unspecified atom stereocenters. The Bertz CT molecular complexity index is 518. The van der Waals surface area contributed by atoms with Crippen molar-refractivity contribution in [3.63, 3.8) is 0 Å². The van der Waals surface area contributed by atoms with Crippen LogP contribution in [0.2, 0.25) is 0 Å². The minimum atomic E-state index is 0. The third-order valence-electron chi connectivity index (χ3n) is 4.74. The molecule has 1 aromatic rings. The fourth-order valence-corrected chi connectivity index (χ4v) is 3.34. The second-order valence-corrected chi connectivity index (χ2v) is 6.18. The number of rotatable bonds is 2. The Labute approximate surface area is 148 Å². The van der Waals surface area contributed by atoms with Gasteiger partial charge in [0.25, 0.3) is 0 Å². The van der Waals surface area contributed by atoms with Crippen molar-refractivity contribution in [2.45, 2.75) is 33.2 Å². The SMILES string of the molecule is CN=C(NCc1c(C)noc1C)N1CCC2(CCOC2)C1.I. The average molecular weight is 420 g/mol. The first-order valence-corrected chi connectivity index (χ1v) is 7.59. The zero-order chi connectivity index (χ0) is 14.9. The number of hydrogen-bond acceptors (Lipinski definition) is 4. The number of hydrogen-bond donors (Lipinski definition) is 1. The number of ether oxygens (including phenoxy) is 1. The number of aryl methyl sites for hydroxylation is 2. The summed E-state index contributed by atoms with van der Waals surface area (Å²) in [7, 11) is 1.84. The van der Waals surface area contributed by atoms with Gasteiger partial charge in [-0.25, -0.2) is 0 Å². The van der Waals surface area contributed by atoms with Crippen LogP contribution in [0.5, 0.6) is 0 Å². The molecule has 3 rings (SSSR count). The maximum absolute atomic E-state index is 5.59. The summed E-state index contributed by atoms with van der Waals surface area (Å²) >= 11 is 0. The zero-order valence-electron chi connectivity index (χ0n) is 13.5. The van der Waals surface area contributed by atoms with Crippen molar-refractivity contribution in [3.8, 4) is 0 Å². The third kappa shape index (κ3) is 3.40. The van der Waals surface area contributed by atoms with Crippen LogP contribution in [0.4, 0.5) is 0 Å². The van der Waals surface area contributed by atoms with Crippen molar-refractivity contribution in [3.05, 3.63) is 17.0 Å². The van der Waals surface area contributed by atoms with Crippen molar-refractivity contribution in [2.24, 2.45) is 10.4 Å². The molecule has 7 heteroatoms. The van der Waals surface area contributed by atoms with E-state index in [1.807, 2.05) is 20.9 Å². The number of nitrogens with one attached hydrogen (secondary N) is 1. The molecule has 6 nitrogen and oxygen atoms in total. The fraction of sp³-hybridized carbons (Fsp3) is 0.733. The van der Waals surface area contributed by atoms with Crippen molar-refractivity contribution < 1.29 is 9.26 Å². The largest absolute Gasteiger partial charge is 0.381 e. The molecule has 1 spiro atoms. The number of aromatic nitrogens is 1. The summed E-state index contributed by atoms with van der Waals surface area (Å²) in [6, 6.07) is 0. The van der Waals surface area contributed by atoms with Gasteiger partial charge in [0.2, 0.25) is 0 Å². The molecule has 1 N–H and O–H groups in total. The number of likely N-dealkylation sites (tertiary alicyclic amines) is 1. The second kappa shape index (κ2) is 7.16. The molecular formula is C15H25IN4O2. The smallest absolute Gasteiger partial charge is 0.193 e. The lowest BCUT2D eigenvalue weighted by Crippen LogP contribution is -2.41. The highest BCUT2D eigenvalue weighted by Crippen LogP contribution is 2.38. The summed E-state index contributed by atoms with van der Waals surface area (Å²) in [5.74, 6) is 1.83. The lowest BCUT2D eigenvalue weighted by atomic mass is 9.87. The first-order chi connectivity index (χ1) is 10.1. The van der Waals surface area contributed by atoms with Gasteiger partial charge in [0, 0.05) is 44.3 Å². The summed E-state index contributed by atoms with van der Waals surface area (Å²) in [6.07, 6.45) is 2.36. The topological polar surface area (TPSA) is 62.9 Å². The van der Waals surface area contributed by atoms with Gasteiger partial charge in [-0.2, -0.15) is 0 Å². The Hall–Kier alpha value is -0.830. The highest BCUT2D eigenvalue weighted by Gasteiger charge is 2.42. The standard InChI is InChI=1S/C15H24N4O2.HI/c1-11-13(12(2)21-18-11)8-17-14(16-3)19-6-4-15(9-19)5-7-20-10-15;/h4-10H2,1-3H3,(H,16,17);1H. The van der Waals surface area contributed by atoms with Gasteiger partial charge in [-0.05, 0) is 26.7 Å². The second-order valence-electron chi connectivity index (χ2n) is 6.18. The van der Waals surface area contributed by atoms with Gasteiger partial charge in [-0.3, -0.25) is 4.99 Å². The molecule has 22 heavy (non-hydrogen) atoms. The maximum Gasteiger partial charge on any atom is 0.193 e. The van der Waals surface area contributed by atoms with Crippen LogP contribution in [0, 0.1) is 19.3 Å². The lowest BCUT2D eigenvalue weighted by molar-refractivity contribution is 0.156. The quantitative estimate of drug-likeness (QED) is 0.451. The van der Waals surface area contributed by atoms with E-state index in [0.717, 1.165) is 49.3 Å². The Morgan fingerprint density at radius 1 is 1.41 bits per heavy atom. The van der Waals surface area contributed by atoms with Gasteiger partial charge < -0.3 is 19.5 Å². The van der Waals surface area contributed by atoms with E-state index in [2.05, 4.69) is 20.4 Å². The first kappa shape index (κ1) is 17.5. The van der Waals surface area contributed by atoms with Crippen LogP contribution in [0.25, 0.3) is 0 Å². The summed E-state index contributed by atoms with van der Waals surface area (Å²) in [5, 5.41) is 7.43. The van der Waals surface area contributed by atoms with Crippen molar-refractivity contribution in [2.75, 3.05) is 33.4 Å². The van der Waals surface area contributed by atoms with Gasteiger partial charge in [-0.1, -0.05) is 5.16 Å². The van der Waals surface area contributed by atoms with E-state index >= 15 is 0 Å². The van der Waals surface area contributed by atoms with E-state index in [9.17, 15) is 0 Å². The van der Waals surface area contributed by atoms with E-state index < -0.39 is 0 Å². The molecule has 0 saturated carbocycles. The van der Waals surface area contributed by atoms with Crippen LogP contribution >= 0.6 is 24.0 Å². The van der Waals surface area contributed by atoms with Crippen LogP contribution in [0.3, 0.4) is 0 Å². The Kier molecular flexibility index (Phi) is 5.70. The predicted molar refractivity (Wildman–Crippen MR) is 95.6 cm³/mol. The predicted octanol–water partition coefficient (Wildman–Crippen LogP) is 2.10. The molecule has 2 aliphatic rings. The molecule has 0 amide bonds. The Balaban J connectivity index is 0.00000176. The van der Waals surface area contributed by atoms with Gasteiger partial charge in [0.1, 0.15) is 5.76 Å². The van der Waals surface area contributed by atoms with Gasteiger partial charge in [-0.15, -0.1) is 24.0 Å². The average Bonchev–Trinajstić information content (AvgIpc) is 3.18. The number of halogens is 1. The van der Waals surface area contributed by atoms with Gasteiger partial charge in [0.15, 0.2) is 5.96 Å². The molecule has 0 aromatic carbocycles. The van der Waals surface area contributed by atoms with Crippen LogP contribution in [-0.2, 0) is 11.3 Å². The minimum absolute atomic E-state index is 0. The van der Waals surface area contributed by atoms with Crippen molar-refractivity contribution in [1.29, 1.82) is 0 Å². The third-order valence-corrected chi connectivity index (χ3v) is 4.74. The Morgan fingerprint density at radius 3 is 2.82 bits per heavy atom. The van der Waals surface area contributed by atoms with Crippen LogP contribution in [0.15, 0.2) is 9.52 Å². The first-order valence-electron chi connectivity index (χ1n) is 7.59. The minimum Gasteiger partial charge on any atom is -0.381 e. The molecule has 0 radical (unpaired) electrons. The summed E-state index contributed by atoms with van der Waals surface area (Å²) < 4.78 is 10.8. The Morgan fingerprint density at radius 2 is 2.23 bits per heavy atom.